The molecule has 0 bridgehead atoms. The Labute approximate surface area is 93.3 Å². The Kier molecular flexibility index (Phi) is 4.63. The van der Waals surface area contributed by atoms with Crippen LogP contribution < -0.4 is 10.2 Å². The molecule has 0 saturated carbocycles. The summed E-state index contributed by atoms with van der Waals surface area (Å²) in [6.07, 6.45) is 0. The molecule has 1 saturated heterocycles. The maximum Gasteiger partial charge on any atom is 0.0535 e. The largest absolute Gasteiger partial charge is 0.369 e. The summed E-state index contributed by atoms with van der Waals surface area (Å²) in [7, 11) is 2.17. The van der Waals surface area contributed by atoms with E-state index >= 15 is 0 Å². The predicted molar refractivity (Wildman–Crippen MR) is 67.6 cm³/mol. The van der Waals surface area contributed by atoms with Crippen molar-refractivity contribution in [3.8, 4) is 0 Å². The molecule has 1 aliphatic heterocycles. The van der Waals surface area contributed by atoms with E-state index in [4.69, 9.17) is 0 Å². The van der Waals surface area contributed by atoms with Gasteiger partial charge in [0.1, 0.15) is 0 Å². The topological polar surface area (TPSA) is 15.3 Å². The average molecular weight is 206 g/mol. The second-order valence-electron chi connectivity index (χ2n) is 3.76. The quantitative estimate of drug-likeness (QED) is 0.799. The van der Waals surface area contributed by atoms with Crippen molar-refractivity contribution in [1.82, 2.24) is 5.32 Å². The van der Waals surface area contributed by atoms with E-state index in [1.54, 1.807) is 0 Å². The van der Waals surface area contributed by atoms with Crippen LogP contribution in [0.15, 0.2) is 24.3 Å². The van der Waals surface area contributed by atoms with Gasteiger partial charge in [-0.1, -0.05) is 26.0 Å². The summed E-state index contributed by atoms with van der Waals surface area (Å²) in [6, 6.07) is 9.34. The van der Waals surface area contributed by atoms with Gasteiger partial charge in [0.15, 0.2) is 0 Å². The Morgan fingerprint density at radius 2 is 1.93 bits per heavy atom. The first-order valence-electron chi connectivity index (χ1n) is 5.77. The van der Waals surface area contributed by atoms with Crippen molar-refractivity contribution in [2.75, 3.05) is 25.0 Å². The summed E-state index contributed by atoms with van der Waals surface area (Å²) >= 11 is 0. The van der Waals surface area contributed by atoms with E-state index in [-0.39, 0.29) is 0 Å². The van der Waals surface area contributed by atoms with Crippen molar-refractivity contribution >= 4 is 5.69 Å². The molecule has 0 aliphatic carbocycles. The van der Waals surface area contributed by atoms with Crippen LogP contribution in [-0.4, -0.2) is 26.2 Å². The molecule has 0 radical (unpaired) electrons. The first-order chi connectivity index (χ1) is 7.27. The Morgan fingerprint density at radius 3 is 2.40 bits per heavy atom. The predicted octanol–water partition coefficient (Wildman–Crippen LogP) is 2.43. The van der Waals surface area contributed by atoms with Crippen molar-refractivity contribution < 1.29 is 0 Å². The number of benzene rings is 1. The molecule has 0 aromatic heterocycles. The van der Waals surface area contributed by atoms with Crippen LogP contribution in [0.2, 0.25) is 0 Å². The summed E-state index contributed by atoms with van der Waals surface area (Å²) in [5.74, 6) is 0. The van der Waals surface area contributed by atoms with Crippen LogP contribution in [0.5, 0.6) is 0 Å². The van der Waals surface area contributed by atoms with Crippen molar-refractivity contribution in [2.24, 2.45) is 0 Å². The molecule has 1 aromatic carbocycles. The number of anilines is 1. The van der Waals surface area contributed by atoms with Gasteiger partial charge in [-0.25, -0.2) is 0 Å². The minimum atomic E-state index is 0.682. The number of nitrogens with one attached hydrogen (secondary N) is 1. The van der Waals surface area contributed by atoms with Gasteiger partial charge in [0.2, 0.25) is 0 Å². The van der Waals surface area contributed by atoms with Gasteiger partial charge in [0.25, 0.3) is 0 Å². The maximum absolute atomic E-state index is 3.28. The monoisotopic (exact) mass is 206 g/mol. The summed E-state index contributed by atoms with van der Waals surface area (Å²) in [6.45, 7) is 8.37. The number of hydrogen-bond acceptors (Lipinski definition) is 2. The maximum atomic E-state index is 3.28. The third-order valence-electron chi connectivity index (χ3n) is 2.72. The highest BCUT2D eigenvalue weighted by atomic mass is 15.2. The lowest BCUT2D eigenvalue weighted by Crippen LogP contribution is -2.56. The van der Waals surface area contributed by atoms with Gasteiger partial charge < -0.3 is 10.2 Å². The molecule has 1 N–H and O–H groups in total. The second-order valence-corrected chi connectivity index (χ2v) is 3.76. The minimum absolute atomic E-state index is 0.682. The van der Waals surface area contributed by atoms with Crippen LogP contribution in [0.3, 0.4) is 0 Å². The lowest BCUT2D eigenvalue weighted by Gasteiger charge is -2.37. The smallest absolute Gasteiger partial charge is 0.0535 e. The van der Waals surface area contributed by atoms with Gasteiger partial charge in [-0.2, -0.15) is 0 Å². The van der Waals surface area contributed by atoms with Crippen LogP contribution in [0.25, 0.3) is 0 Å². The molecule has 0 spiro atoms. The SMILES string of the molecule is CC.Cc1cccc(N(C)C2CNC2)c1. The van der Waals surface area contributed by atoms with Crippen LogP contribution in [0.4, 0.5) is 5.69 Å². The van der Waals surface area contributed by atoms with E-state index < -0.39 is 0 Å². The summed E-state index contributed by atoms with van der Waals surface area (Å²) in [5.41, 5.74) is 2.66. The highest BCUT2D eigenvalue weighted by molar-refractivity contribution is 5.49. The molecule has 84 valence electrons. The molecule has 0 unspecified atom stereocenters. The fraction of sp³-hybridized carbons (Fsp3) is 0.538. The molecular formula is C13H22N2. The fourth-order valence-electron chi connectivity index (χ4n) is 1.61. The number of likely N-dealkylation sites (N-methyl/N-ethyl adjacent to an activating group) is 1. The number of hydrogen-bond donors (Lipinski definition) is 1. The normalized spacial score (nSPS) is 14.9. The van der Waals surface area contributed by atoms with Crippen molar-refractivity contribution in [1.29, 1.82) is 0 Å². The van der Waals surface area contributed by atoms with Crippen LogP contribution >= 0.6 is 0 Å². The molecule has 2 heteroatoms. The van der Waals surface area contributed by atoms with E-state index in [2.05, 4.69) is 48.5 Å². The zero-order chi connectivity index (χ0) is 11.3. The Bertz CT molecular complexity index is 292. The van der Waals surface area contributed by atoms with Gasteiger partial charge in [0.05, 0.1) is 6.04 Å². The van der Waals surface area contributed by atoms with Crippen molar-refractivity contribution in [3.05, 3.63) is 29.8 Å². The van der Waals surface area contributed by atoms with E-state index in [0.29, 0.717) is 6.04 Å². The van der Waals surface area contributed by atoms with Gasteiger partial charge in [-0.15, -0.1) is 0 Å². The zero-order valence-electron chi connectivity index (χ0n) is 10.2. The van der Waals surface area contributed by atoms with E-state index in [1.165, 1.54) is 11.3 Å². The van der Waals surface area contributed by atoms with Gasteiger partial charge in [-0.3, -0.25) is 0 Å². The molecule has 2 nitrogen and oxygen atoms in total. The van der Waals surface area contributed by atoms with Crippen LogP contribution in [0.1, 0.15) is 19.4 Å². The molecule has 0 amide bonds. The Morgan fingerprint density at radius 1 is 1.27 bits per heavy atom. The first kappa shape index (κ1) is 12.1. The lowest BCUT2D eigenvalue weighted by atomic mass is 10.1. The average Bonchev–Trinajstić information content (AvgIpc) is 2.18. The molecule has 1 aliphatic rings. The van der Waals surface area contributed by atoms with Gasteiger partial charge in [0, 0.05) is 25.8 Å². The van der Waals surface area contributed by atoms with Gasteiger partial charge in [-0.05, 0) is 24.6 Å². The molecule has 1 fully saturated rings. The summed E-state index contributed by atoms with van der Waals surface area (Å²) < 4.78 is 0. The number of rotatable bonds is 2. The van der Waals surface area contributed by atoms with Crippen molar-refractivity contribution in [3.63, 3.8) is 0 Å². The standard InChI is InChI=1S/C11H16N2.C2H6/c1-9-4-3-5-10(6-9)13(2)11-7-12-8-11;1-2/h3-6,11-12H,7-8H2,1-2H3;1-2H3. The highest BCUT2D eigenvalue weighted by Gasteiger charge is 2.21. The molecular weight excluding hydrogens is 184 g/mol. The first-order valence-corrected chi connectivity index (χ1v) is 5.77. The molecule has 1 aromatic rings. The molecule has 2 rings (SSSR count). The Balaban J connectivity index is 0.000000531. The summed E-state index contributed by atoms with van der Waals surface area (Å²) in [5, 5.41) is 3.28. The third kappa shape index (κ3) is 2.96. The van der Waals surface area contributed by atoms with Crippen molar-refractivity contribution in [2.45, 2.75) is 26.8 Å². The minimum Gasteiger partial charge on any atom is -0.369 e. The summed E-state index contributed by atoms with van der Waals surface area (Å²) in [4.78, 5) is 2.35. The van der Waals surface area contributed by atoms with E-state index in [9.17, 15) is 0 Å². The number of aryl methyl sites for hydroxylation is 1. The van der Waals surface area contributed by atoms with E-state index in [0.717, 1.165) is 13.1 Å². The lowest BCUT2D eigenvalue weighted by molar-refractivity contribution is 0.429. The van der Waals surface area contributed by atoms with Crippen LogP contribution in [-0.2, 0) is 0 Å². The van der Waals surface area contributed by atoms with Gasteiger partial charge >= 0.3 is 0 Å². The van der Waals surface area contributed by atoms with Crippen LogP contribution in [0, 0.1) is 6.92 Å². The molecule has 1 heterocycles. The molecule has 0 atom stereocenters. The number of nitrogens with zero attached hydrogens (tertiary/aromatic N) is 1. The van der Waals surface area contributed by atoms with E-state index in [1.807, 2.05) is 13.8 Å². The second kappa shape index (κ2) is 5.76. The zero-order valence-corrected chi connectivity index (χ0v) is 10.2. The Hall–Kier alpha value is -1.02. The highest BCUT2D eigenvalue weighted by Crippen LogP contribution is 2.17. The fourth-order valence-corrected chi connectivity index (χ4v) is 1.61. The third-order valence-corrected chi connectivity index (χ3v) is 2.72. The molecule has 15 heavy (non-hydrogen) atoms.